The van der Waals surface area contributed by atoms with Gasteiger partial charge in [-0.05, 0) is 56.5 Å². The lowest BCUT2D eigenvalue weighted by Gasteiger charge is -2.24. The van der Waals surface area contributed by atoms with Gasteiger partial charge in [-0.25, -0.2) is 0 Å². The number of halogens is 2. The number of hydrogen-bond acceptors (Lipinski definition) is 2. The molecule has 0 aliphatic carbocycles. The lowest BCUT2D eigenvalue weighted by Crippen LogP contribution is -2.37. The maximum Gasteiger partial charge on any atom is 0.120 e. The molecule has 1 aliphatic rings. The fraction of sp³-hybridized carbons (Fsp3) is 0.538. The van der Waals surface area contributed by atoms with Gasteiger partial charge in [-0.2, -0.15) is 0 Å². The Morgan fingerprint density at radius 1 is 1.29 bits per heavy atom. The van der Waals surface area contributed by atoms with Gasteiger partial charge in [0.05, 0.1) is 0 Å². The fourth-order valence-electron chi connectivity index (χ4n) is 2.09. The van der Waals surface area contributed by atoms with E-state index in [2.05, 4.69) is 47.2 Å². The summed E-state index contributed by atoms with van der Waals surface area (Å²) in [7, 11) is 0. The Labute approximate surface area is 118 Å². The van der Waals surface area contributed by atoms with E-state index in [4.69, 9.17) is 4.74 Å². The van der Waals surface area contributed by atoms with Gasteiger partial charge in [-0.3, -0.25) is 0 Å². The number of benzene rings is 1. The van der Waals surface area contributed by atoms with E-state index >= 15 is 0 Å². The predicted molar refractivity (Wildman–Crippen MR) is 77.4 cm³/mol. The van der Waals surface area contributed by atoms with Crippen LogP contribution in [-0.2, 0) is 0 Å². The molecule has 0 radical (unpaired) electrons. The van der Waals surface area contributed by atoms with Gasteiger partial charge in [-0.15, -0.1) is 12.4 Å². The number of nitrogens with one attached hydrogen (secondary N) is 1. The zero-order valence-corrected chi connectivity index (χ0v) is 12.7. The number of ether oxygens (including phenoxy) is 1. The van der Waals surface area contributed by atoms with Crippen LogP contribution >= 0.6 is 28.3 Å². The zero-order valence-electron chi connectivity index (χ0n) is 10.3. The number of aryl methyl sites for hydroxylation is 2. The minimum absolute atomic E-state index is 0. The molecular formula is C13H19BrClNO. The quantitative estimate of drug-likeness (QED) is 0.898. The van der Waals surface area contributed by atoms with Crippen molar-refractivity contribution in [1.29, 1.82) is 0 Å². The van der Waals surface area contributed by atoms with E-state index in [1.807, 2.05) is 0 Å². The van der Waals surface area contributed by atoms with Crippen molar-refractivity contribution in [1.82, 2.24) is 5.32 Å². The van der Waals surface area contributed by atoms with Crippen molar-refractivity contribution in [3.63, 3.8) is 0 Å². The van der Waals surface area contributed by atoms with Gasteiger partial charge in [-0.1, -0.05) is 15.9 Å². The minimum Gasteiger partial charge on any atom is -0.489 e. The summed E-state index contributed by atoms with van der Waals surface area (Å²) in [5.41, 5.74) is 2.47. The predicted octanol–water partition coefficient (Wildman–Crippen LogP) is 3.62. The second-order valence-electron chi connectivity index (χ2n) is 4.46. The molecular weight excluding hydrogens is 302 g/mol. The van der Waals surface area contributed by atoms with E-state index < -0.39 is 0 Å². The summed E-state index contributed by atoms with van der Waals surface area (Å²) < 4.78 is 7.17. The first-order chi connectivity index (χ1) is 7.66. The van der Waals surface area contributed by atoms with E-state index in [1.54, 1.807) is 0 Å². The van der Waals surface area contributed by atoms with E-state index in [0.717, 1.165) is 25.3 Å². The summed E-state index contributed by atoms with van der Waals surface area (Å²) in [5, 5.41) is 3.36. The lowest BCUT2D eigenvalue weighted by atomic mass is 10.1. The Kier molecular flexibility index (Phi) is 5.77. The average Bonchev–Trinajstić information content (AvgIpc) is 2.27. The molecule has 1 heterocycles. The van der Waals surface area contributed by atoms with Crippen molar-refractivity contribution < 1.29 is 4.74 Å². The molecule has 1 N–H and O–H groups in total. The van der Waals surface area contributed by atoms with Crippen molar-refractivity contribution in [2.75, 3.05) is 13.1 Å². The SMILES string of the molecule is Cc1cc(OC2CCCNC2)cc(C)c1Br.Cl. The Hall–Kier alpha value is -0.250. The van der Waals surface area contributed by atoms with E-state index in [1.165, 1.54) is 22.0 Å². The van der Waals surface area contributed by atoms with Crippen LogP contribution < -0.4 is 10.1 Å². The topological polar surface area (TPSA) is 21.3 Å². The molecule has 0 spiro atoms. The van der Waals surface area contributed by atoms with Crippen molar-refractivity contribution in [3.05, 3.63) is 27.7 Å². The summed E-state index contributed by atoms with van der Waals surface area (Å²) >= 11 is 3.57. The third kappa shape index (κ3) is 3.87. The van der Waals surface area contributed by atoms with Gasteiger partial charge in [0.25, 0.3) is 0 Å². The van der Waals surface area contributed by atoms with Crippen molar-refractivity contribution in [3.8, 4) is 5.75 Å². The van der Waals surface area contributed by atoms with E-state index in [-0.39, 0.29) is 12.4 Å². The van der Waals surface area contributed by atoms with Crippen LogP contribution in [0.3, 0.4) is 0 Å². The molecule has 0 saturated carbocycles. The number of piperidine rings is 1. The lowest BCUT2D eigenvalue weighted by molar-refractivity contribution is 0.167. The first-order valence-corrected chi connectivity index (χ1v) is 6.60. The first kappa shape index (κ1) is 14.8. The molecule has 17 heavy (non-hydrogen) atoms. The second kappa shape index (κ2) is 6.62. The van der Waals surface area contributed by atoms with Crippen LogP contribution in [0.15, 0.2) is 16.6 Å². The molecule has 1 unspecified atom stereocenters. The van der Waals surface area contributed by atoms with Crippen LogP contribution in [0.2, 0.25) is 0 Å². The molecule has 0 bridgehead atoms. The van der Waals surface area contributed by atoms with Gasteiger partial charge in [0.1, 0.15) is 11.9 Å². The van der Waals surface area contributed by atoms with Gasteiger partial charge in [0.15, 0.2) is 0 Å². The molecule has 1 aromatic rings. The maximum absolute atomic E-state index is 5.99. The fourth-order valence-corrected chi connectivity index (χ4v) is 2.32. The molecule has 1 fully saturated rings. The monoisotopic (exact) mass is 319 g/mol. The highest BCUT2D eigenvalue weighted by atomic mass is 79.9. The van der Waals surface area contributed by atoms with Crippen molar-refractivity contribution in [2.24, 2.45) is 0 Å². The van der Waals surface area contributed by atoms with Crippen LogP contribution in [0, 0.1) is 13.8 Å². The largest absolute Gasteiger partial charge is 0.489 e. The highest BCUT2D eigenvalue weighted by Crippen LogP contribution is 2.27. The maximum atomic E-state index is 5.99. The third-order valence-corrected chi connectivity index (χ3v) is 4.22. The van der Waals surface area contributed by atoms with Gasteiger partial charge < -0.3 is 10.1 Å². The summed E-state index contributed by atoms with van der Waals surface area (Å²) in [4.78, 5) is 0. The van der Waals surface area contributed by atoms with E-state index in [0.29, 0.717) is 6.10 Å². The van der Waals surface area contributed by atoms with E-state index in [9.17, 15) is 0 Å². The highest BCUT2D eigenvalue weighted by Gasteiger charge is 2.14. The van der Waals surface area contributed by atoms with Crippen LogP contribution in [-0.4, -0.2) is 19.2 Å². The highest BCUT2D eigenvalue weighted by molar-refractivity contribution is 9.10. The van der Waals surface area contributed by atoms with Crippen LogP contribution in [0.5, 0.6) is 5.75 Å². The summed E-state index contributed by atoms with van der Waals surface area (Å²) in [5.74, 6) is 0.993. The minimum atomic E-state index is 0. The zero-order chi connectivity index (χ0) is 11.5. The van der Waals surface area contributed by atoms with Crippen molar-refractivity contribution >= 4 is 28.3 Å². The molecule has 1 aromatic carbocycles. The normalized spacial score (nSPS) is 19.6. The van der Waals surface area contributed by atoms with Crippen LogP contribution in [0.25, 0.3) is 0 Å². The molecule has 4 heteroatoms. The standard InChI is InChI=1S/C13H18BrNO.ClH/c1-9-6-12(7-10(2)13(9)14)16-11-4-3-5-15-8-11;/h6-7,11,15H,3-5,8H2,1-2H3;1H. The summed E-state index contributed by atoms with van der Waals surface area (Å²) in [6.07, 6.45) is 2.69. The molecule has 0 amide bonds. The smallest absolute Gasteiger partial charge is 0.120 e. The average molecular weight is 321 g/mol. The molecule has 1 aliphatic heterocycles. The molecule has 1 atom stereocenters. The Balaban J connectivity index is 0.00000144. The van der Waals surface area contributed by atoms with Crippen LogP contribution in [0.4, 0.5) is 0 Å². The summed E-state index contributed by atoms with van der Waals surface area (Å²) in [6, 6.07) is 4.21. The summed E-state index contributed by atoms with van der Waals surface area (Å²) in [6.45, 7) is 6.29. The molecule has 0 aromatic heterocycles. The number of rotatable bonds is 2. The molecule has 2 rings (SSSR count). The Bertz CT molecular complexity index is 355. The van der Waals surface area contributed by atoms with Gasteiger partial charge >= 0.3 is 0 Å². The first-order valence-electron chi connectivity index (χ1n) is 5.81. The Morgan fingerprint density at radius 3 is 2.47 bits per heavy atom. The number of hydrogen-bond donors (Lipinski definition) is 1. The third-order valence-electron chi connectivity index (χ3n) is 2.96. The van der Waals surface area contributed by atoms with Gasteiger partial charge in [0.2, 0.25) is 0 Å². The van der Waals surface area contributed by atoms with Gasteiger partial charge in [0, 0.05) is 11.0 Å². The Morgan fingerprint density at radius 2 is 1.94 bits per heavy atom. The van der Waals surface area contributed by atoms with Crippen molar-refractivity contribution in [2.45, 2.75) is 32.8 Å². The van der Waals surface area contributed by atoms with Crippen LogP contribution in [0.1, 0.15) is 24.0 Å². The molecule has 96 valence electrons. The molecule has 1 saturated heterocycles. The molecule has 2 nitrogen and oxygen atoms in total. The second-order valence-corrected chi connectivity index (χ2v) is 5.25.